The lowest BCUT2D eigenvalue weighted by molar-refractivity contribution is 0.156. The van der Waals surface area contributed by atoms with Gasteiger partial charge >= 0.3 is 0 Å². The van der Waals surface area contributed by atoms with Crippen LogP contribution in [0, 0.1) is 11.3 Å². The van der Waals surface area contributed by atoms with Gasteiger partial charge in [-0.1, -0.05) is 54.4 Å². The molecule has 0 aromatic rings. The number of nitrogens with one attached hydrogen (secondary N) is 1. The molecular formula is C13H29N. The highest BCUT2D eigenvalue weighted by atomic mass is 14.9. The summed E-state index contributed by atoms with van der Waals surface area (Å²) < 4.78 is 0. The highest BCUT2D eigenvalue weighted by molar-refractivity contribution is 4.82. The van der Waals surface area contributed by atoms with Gasteiger partial charge in [0, 0.05) is 12.6 Å². The minimum atomic E-state index is 0.480. The van der Waals surface area contributed by atoms with Crippen LogP contribution in [0.2, 0.25) is 0 Å². The van der Waals surface area contributed by atoms with Crippen molar-refractivity contribution < 1.29 is 0 Å². The topological polar surface area (TPSA) is 12.0 Å². The van der Waals surface area contributed by atoms with E-state index in [4.69, 9.17) is 0 Å². The highest BCUT2D eigenvalue weighted by Crippen LogP contribution is 2.35. The first-order chi connectivity index (χ1) is 6.50. The van der Waals surface area contributed by atoms with E-state index in [9.17, 15) is 0 Å². The lowest BCUT2D eigenvalue weighted by Gasteiger charge is -2.37. The van der Waals surface area contributed by atoms with Crippen molar-refractivity contribution in [3.63, 3.8) is 0 Å². The summed E-state index contributed by atoms with van der Waals surface area (Å²) in [5, 5.41) is 3.59. The third-order valence-electron chi connectivity index (χ3n) is 3.69. The molecule has 0 aliphatic heterocycles. The van der Waals surface area contributed by atoms with Gasteiger partial charge in [-0.05, 0) is 17.8 Å². The molecule has 0 heterocycles. The zero-order valence-corrected chi connectivity index (χ0v) is 11.0. The summed E-state index contributed by atoms with van der Waals surface area (Å²) >= 11 is 0. The maximum absolute atomic E-state index is 3.59. The first-order valence-corrected chi connectivity index (χ1v) is 6.23. The van der Waals surface area contributed by atoms with E-state index in [1.54, 1.807) is 0 Å². The average Bonchev–Trinajstić information content (AvgIpc) is 2.16. The molecule has 0 fully saturated rings. The predicted molar refractivity (Wildman–Crippen MR) is 65.6 cm³/mol. The molecule has 0 aromatic carbocycles. The molecule has 0 bridgehead atoms. The van der Waals surface area contributed by atoms with Gasteiger partial charge in [0.25, 0.3) is 0 Å². The summed E-state index contributed by atoms with van der Waals surface area (Å²) in [4.78, 5) is 0. The van der Waals surface area contributed by atoms with Crippen LogP contribution in [0.3, 0.4) is 0 Å². The summed E-state index contributed by atoms with van der Waals surface area (Å²) in [5.74, 6) is 0.860. The van der Waals surface area contributed by atoms with Gasteiger partial charge in [-0.25, -0.2) is 0 Å². The van der Waals surface area contributed by atoms with E-state index in [1.807, 2.05) is 0 Å². The molecule has 0 aliphatic rings. The Hall–Kier alpha value is -0.0400. The molecule has 0 rings (SSSR count). The number of hydrogen-bond donors (Lipinski definition) is 1. The Morgan fingerprint density at radius 2 is 1.57 bits per heavy atom. The molecule has 86 valence electrons. The smallest absolute Gasteiger partial charge is 0.00106 e. The standard InChI is InChI=1S/C13H29N/c1-7-12(8-2)13(6,9-3)10-14-11(4)5/h11-12,14H,7-10H2,1-6H3. The minimum Gasteiger partial charge on any atom is -0.314 e. The molecule has 1 N–H and O–H groups in total. The van der Waals surface area contributed by atoms with Gasteiger partial charge in [0.2, 0.25) is 0 Å². The molecule has 0 saturated carbocycles. The maximum atomic E-state index is 3.59. The van der Waals surface area contributed by atoms with Crippen LogP contribution in [0.5, 0.6) is 0 Å². The summed E-state index contributed by atoms with van der Waals surface area (Å²) in [6.45, 7) is 15.0. The molecule has 0 radical (unpaired) electrons. The molecule has 1 nitrogen and oxygen atoms in total. The molecule has 1 unspecified atom stereocenters. The van der Waals surface area contributed by atoms with Gasteiger partial charge in [0.05, 0.1) is 0 Å². The summed E-state index contributed by atoms with van der Waals surface area (Å²) in [6, 6.07) is 0.607. The summed E-state index contributed by atoms with van der Waals surface area (Å²) in [6.07, 6.45) is 3.89. The van der Waals surface area contributed by atoms with E-state index in [1.165, 1.54) is 19.3 Å². The van der Waals surface area contributed by atoms with E-state index < -0.39 is 0 Å². The van der Waals surface area contributed by atoms with Crippen molar-refractivity contribution in [1.82, 2.24) is 5.32 Å². The second-order valence-corrected chi connectivity index (χ2v) is 5.06. The van der Waals surface area contributed by atoms with Gasteiger partial charge in [-0.2, -0.15) is 0 Å². The molecule has 0 spiro atoms. The van der Waals surface area contributed by atoms with Crippen molar-refractivity contribution in [2.45, 2.75) is 66.8 Å². The van der Waals surface area contributed by atoms with Gasteiger partial charge in [-0.15, -0.1) is 0 Å². The van der Waals surface area contributed by atoms with Crippen molar-refractivity contribution in [2.24, 2.45) is 11.3 Å². The first-order valence-electron chi connectivity index (χ1n) is 6.23. The van der Waals surface area contributed by atoms with Crippen LogP contribution in [-0.4, -0.2) is 12.6 Å². The zero-order valence-electron chi connectivity index (χ0n) is 11.0. The van der Waals surface area contributed by atoms with Crippen LogP contribution in [0.4, 0.5) is 0 Å². The first kappa shape index (κ1) is 14.0. The lowest BCUT2D eigenvalue weighted by atomic mass is 9.72. The van der Waals surface area contributed by atoms with Crippen LogP contribution >= 0.6 is 0 Å². The lowest BCUT2D eigenvalue weighted by Crippen LogP contribution is -2.40. The van der Waals surface area contributed by atoms with Crippen LogP contribution in [0.25, 0.3) is 0 Å². The van der Waals surface area contributed by atoms with Gasteiger partial charge < -0.3 is 5.32 Å². The quantitative estimate of drug-likeness (QED) is 0.657. The number of rotatable bonds is 7. The van der Waals surface area contributed by atoms with Crippen LogP contribution < -0.4 is 5.32 Å². The van der Waals surface area contributed by atoms with Gasteiger partial charge in [0.1, 0.15) is 0 Å². The monoisotopic (exact) mass is 199 g/mol. The normalized spacial score (nSPS) is 16.3. The van der Waals surface area contributed by atoms with Gasteiger partial charge in [-0.3, -0.25) is 0 Å². The van der Waals surface area contributed by atoms with Crippen LogP contribution in [0.1, 0.15) is 60.8 Å². The predicted octanol–water partition coefficient (Wildman–Crippen LogP) is 3.84. The largest absolute Gasteiger partial charge is 0.314 e. The van der Waals surface area contributed by atoms with Crippen LogP contribution in [0.15, 0.2) is 0 Å². The van der Waals surface area contributed by atoms with Crippen molar-refractivity contribution >= 4 is 0 Å². The third kappa shape index (κ3) is 4.00. The highest BCUT2D eigenvalue weighted by Gasteiger charge is 2.29. The minimum absolute atomic E-state index is 0.480. The van der Waals surface area contributed by atoms with E-state index >= 15 is 0 Å². The molecule has 0 amide bonds. The Morgan fingerprint density at radius 3 is 1.86 bits per heavy atom. The number of hydrogen-bond acceptors (Lipinski definition) is 1. The third-order valence-corrected chi connectivity index (χ3v) is 3.69. The summed E-state index contributed by atoms with van der Waals surface area (Å²) in [5.41, 5.74) is 0.480. The molecule has 0 aliphatic carbocycles. The van der Waals surface area contributed by atoms with E-state index in [0.29, 0.717) is 11.5 Å². The molecule has 1 heteroatoms. The fraction of sp³-hybridized carbons (Fsp3) is 1.00. The molecule has 0 aromatic heterocycles. The molecular weight excluding hydrogens is 170 g/mol. The van der Waals surface area contributed by atoms with Crippen LogP contribution in [-0.2, 0) is 0 Å². The Kier molecular flexibility index (Phi) is 6.43. The second-order valence-electron chi connectivity index (χ2n) is 5.06. The SMILES string of the molecule is CCC(CC)C(C)(CC)CNC(C)C. The van der Waals surface area contributed by atoms with E-state index in [0.717, 1.165) is 12.5 Å². The second kappa shape index (κ2) is 6.44. The Morgan fingerprint density at radius 1 is 1.07 bits per heavy atom. The van der Waals surface area contributed by atoms with Crippen molar-refractivity contribution in [2.75, 3.05) is 6.54 Å². The Labute approximate surface area is 90.7 Å². The van der Waals surface area contributed by atoms with E-state index in [2.05, 4.69) is 46.9 Å². The van der Waals surface area contributed by atoms with Crippen molar-refractivity contribution in [3.05, 3.63) is 0 Å². The van der Waals surface area contributed by atoms with Crippen molar-refractivity contribution in [1.29, 1.82) is 0 Å². The van der Waals surface area contributed by atoms with E-state index in [-0.39, 0.29) is 0 Å². The molecule has 0 saturated heterocycles. The fourth-order valence-corrected chi connectivity index (χ4v) is 2.27. The maximum Gasteiger partial charge on any atom is 0.00106 e. The molecule has 14 heavy (non-hydrogen) atoms. The Bertz CT molecular complexity index is 138. The van der Waals surface area contributed by atoms with Gasteiger partial charge in [0.15, 0.2) is 0 Å². The zero-order chi connectivity index (χ0) is 11.2. The fourth-order valence-electron chi connectivity index (χ4n) is 2.27. The van der Waals surface area contributed by atoms with Crippen molar-refractivity contribution in [3.8, 4) is 0 Å². The average molecular weight is 199 g/mol. The Balaban J connectivity index is 4.28. The molecule has 1 atom stereocenters. The summed E-state index contributed by atoms with van der Waals surface area (Å²) in [7, 11) is 0.